The third-order valence-electron chi connectivity index (χ3n) is 2.94. The van der Waals surface area contributed by atoms with Gasteiger partial charge in [0.25, 0.3) is 5.91 Å². The van der Waals surface area contributed by atoms with Gasteiger partial charge < -0.3 is 10.4 Å². The van der Waals surface area contributed by atoms with Crippen LogP contribution in [0.2, 0.25) is 0 Å². The average Bonchev–Trinajstić information content (AvgIpc) is 2.22. The molecule has 5 heteroatoms. The number of hydrogen-bond donors (Lipinski definition) is 2. The Bertz CT molecular complexity index is 433. The molecule has 0 radical (unpaired) electrons. The predicted molar refractivity (Wildman–Crippen MR) is 70.2 cm³/mol. The molecule has 2 rings (SSSR count). The highest BCUT2D eigenvalue weighted by Crippen LogP contribution is 2.26. The Balaban J connectivity index is 1.91. The van der Waals surface area contributed by atoms with Crippen LogP contribution in [0.25, 0.3) is 0 Å². The molecule has 0 atom stereocenters. The number of nitrogens with one attached hydrogen (secondary N) is 1. The van der Waals surface area contributed by atoms with E-state index in [2.05, 4.69) is 5.32 Å². The van der Waals surface area contributed by atoms with Crippen molar-refractivity contribution in [3.63, 3.8) is 0 Å². The molecule has 1 saturated carbocycles. The highest BCUT2D eigenvalue weighted by Gasteiger charge is 2.27. The number of halogens is 2. The Labute approximate surface area is 113 Å². The largest absolute Gasteiger partial charge is 0.393 e. The van der Waals surface area contributed by atoms with Gasteiger partial charge in [-0.3, -0.25) is 4.79 Å². The molecule has 0 spiro atoms. The first-order valence-electron chi connectivity index (χ1n) is 5.47. The maximum atomic E-state index is 12.9. The van der Waals surface area contributed by atoms with Crippen LogP contribution in [-0.2, 0) is 0 Å². The van der Waals surface area contributed by atoms with E-state index < -0.39 is 0 Å². The topological polar surface area (TPSA) is 49.3 Å². The second-order valence-corrected chi connectivity index (χ2v) is 5.49. The summed E-state index contributed by atoms with van der Waals surface area (Å²) in [6, 6.07) is 4.11. The Morgan fingerprint density at radius 3 is 2.82 bits per heavy atom. The predicted octanol–water partition coefficient (Wildman–Crippen LogP) is 1.93. The average molecular weight is 349 g/mol. The number of aliphatic hydroxyl groups excluding tert-OH is 1. The van der Waals surface area contributed by atoms with Gasteiger partial charge in [0.15, 0.2) is 0 Å². The van der Waals surface area contributed by atoms with Crippen LogP contribution in [0.1, 0.15) is 23.2 Å². The molecule has 0 aromatic heterocycles. The summed E-state index contributed by atoms with van der Waals surface area (Å²) < 4.78 is 13.5. The summed E-state index contributed by atoms with van der Waals surface area (Å²) in [4.78, 5) is 11.8. The Kier molecular flexibility index (Phi) is 3.98. The lowest BCUT2D eigenvalue weighted by Crippen LogP contribution is -2.38. The van der Waals surface area contributed by atoms with Crippen molar-refractivity contribution < 1.29 is 14.3 Å². The molecule has 1 amide bonds. The van der Waals surface area contributed by atoms with E-state index >= 15 is 0 Å². The first-order valence-corrected chi connectivity index (χ1v) is 6.55. The lowest BCUT2D eigenvalue weighted by atomic mass is 9.82. The summed E-state index contributed by atoms with van der Waals surface area (Å²) in [6.45, 7) is 0.573. The highest BCUT2D eigenvalue weighted by molar-refractivity contribution is 14.1. The van der Waals surface area contributed by atoms with Gasteiger partial charge in [-0.05, 0) is 59.5 Å². The van der Waals surface area contributed by atoms with Crippen molar-refractivity contribution in [2.45, 2.75) is 18.9 Å². The quantitative estimate of drug-likeness (QED) is 0.820. The van der Waals surface area contributed by atoms with Crippen molar-refractivity contribution in [3.05, 3.63) is 33.1 Å². The highest BCUT2D eigenvalue weighted by atomic mass is 127. The molecule has 17 heavy (non-hydrogen) atoms. The van der Waals surface area contributed by atoms with Gasteiger partial charge in [-0.1, -0.05) is 0 Å². The van der Waals surface area contributed by atoms with Crippen LogP contribution in [0.3, 0.4) is 0 Å². The Morgan fingerprint density at radius 1 is 1.53 bits per heavy atom. The number of carbonyl (C=O) groups excluding carboxylic acids is 1. The van der Waals surface area contributed by atoms with E-state index in [0.29, 0.717) is 21.6 Å². The van der Waals surface area contributed by atoms with Crippen LogP contribution in [0.5, 0.6) is 0 Å². The van der Waals surface area contributed by atoms with E-state index in [4.69, 9.17) is 5.11 Å². The zero-order valence-electron chi connectivity index (χ0n) is 9.12. The lowest BCUT2D eigenvalue weighted by Gasteiger charge is -2.31. The first-order chi connectivity index (χ1) is 8.06. The molecular formula is C12H13FINO2. The minimum absolute atomic E-state index is 0.184. The number of carbonyl (C=O) groups is 1. The number of hydrogen-bond acceptors (Lipinski definition) is 2. The van der Waals surface area contributed by atoms with E-state index in [1.54, 1.807) is 0 Å². The summed E-state index contributed by atoms with van der Waals surface area (Å²) in [7, 11) is 0. The number of rotatable bonds is 3. The molecule has 0 saturated heterocycles. The van der Waals surface area contributed by atoms with Gasteiger partial charge >= 0.3 is 0 Å². The lowest BCUT2D eigenvalue weighted by molar-refractivity contribution is 0.0420. The summed E-state index contributed by atoms with van der Waals surface area (Å²) >= 11 is 1.94. The summed E-state index contributed by atoms with van der Waals surface area (Å²) in [6.07, 6.45) is 1.30. The van der Waals surface area contributed by atoms with Gasteiger partial charge in [-0.15, -0.1) is 0 Å². The van der Waals surface area contributed by atoms with E-state index in [0.717, 1.165) is 12.8 Å². The molecule has 1 fully saturated rings. The monoisotopic (exact) mass is 349 g/mol. The fourth-order valence-electron chi connectivity index (χ4n) is 1.87. The fraction of sp³-hybridized carbons (Fsp3) is 0.417. The van der Waals surface area contributed by atoms with Crippen LogP contribution >= 0.6 is 22.6 Å². The van der Waals surface area contributed by atoms with Crippen LogP contribution in [0.4, 0.5) is 4.39 Å². The van der Waals surface area contributed by atoms with Crippen molar-refractivity contribution in [3.8, 4) is 0 Å². The minimum atomic E-state index is -0.340. The molecule has 0 heterocycles. The van der Waals surface area contributed by atoms with Crippen LogP contribution in [0.15, 0.2) is 18.2 Å². The number of benzene rings is 1. The summed E-state index contributed by atoms with van der Waals surface area (Å²) in [5.41, 5.74) is 0.492. The molecule has 92 valence electrons. The smallest absolute Gasteiger partial charge is 0.252 e. The summed E-state index contributed by atoms with van der Waals surface area (Å²) in [5.74, 6) is -0.157. The number of aliphatic hydroxyl groups is 1. The minimum Gasteiger partial charge on any atom is -0.393 e. The second kappa shape index (κ2) is 5.30. The van der Waals surface area contributed by atoms with E-state index in [1.807, 2.05) is 22.6 Å². The molecule has 1 aliphatic carbocycles. The first kappa shape index (κ1) is 12.8. The second-order valence-electron chi connectivity index (χ2n) is 4.33. The maximum Gasteiger partial charge on any atom is 0.252 e. The van der Waals surface area contributed by atoms with Crippen molar-refractivity contribution in [1.29, 1.82) is 0 Å². The molecule has 0 unspecified atom stereocenters. The number of amides is 1. The SMILES string of the molecule is O=C(NCC1CC(O)C1)c1ccc(F)cc1I. The molecule has 0 bridgehead atoms. The molecule has 3 nitrogen and oxygen atoms in total. The normalized spacial score (nSPS) is 23.0. The zero-order chi connectivity index (χ0) is 12.4. The van der Waals surface area contributed by atoms with Crippen molar-refractivity contribution in [2.24, 2.45) is 5.92 Å². The molecule has 1 aliphatic rings. The van der Waals surface area contributed by atoms with Gasteiger partial charge in [-0.25, -0.2) is 4.39 Å². The fourth-order valence-corrected chi connectivity index (χ4v) is 2.60. The molecule has 1 aromatic carbocycles. The van der Waals surface area contributed by atoms with Crippen LogP contribution in [-0.4, -0.2) is 23.7 Å². The third-order valence-corrected chi connectivity index (χ3v) is 3.83. The van der Waals surface area contributed by atoms with Gasteiger partial charge in [0.05, 0.1) is 11.7 Å². The molecular weight excluding hydrogens is 336 g/mol. The molecule has 2 N–H and O–H groups in total. The van der Waals surface area contributed by atoms with Crippen molar-refractivity contribution in [1.82, 2.24) is 5.32 Å². The van der Waals surface area contributed by atoms with Crippen LogP contribution in [0, 0.1) is 15.3 Å². The molecule has 1 aromatic rings. The van der Waals surface area contributed by atoms with Crippen LogP contribution < -0.4 is 5.32 Å². The van der Waals surface area contributed by atoms with E-state index in [9.17, 15) is 9.18 Å². The zero-order valence-corrected chi connectivity index (χ0v) is 11.3. The van der Waals surface area contributed by atoms with E-state index in [1.165, 1.54) is 18.2 Å². The Morgan fingerprint density at radius 2 is 2.24 bits per heavy atom. The van der Waals surface area contributed by atoms with Gasteiger partial charge in [-0.2, -0.15) is 0 Å². The standard InChI is InChI=1S/C12H13FINO2/c13-8-1-2-10(11(14)5-8)12(17)15-6-7-3-9(16)4-7/h1-2,5,7,9,16H,3-4,6H2,(H,15,17). The third kappa shape index (κ3) is 3.16. The van der Waals surface area contributed by atoms with Crippen molar-refractivity contribution in [2.75, 3.05) is 6.54 Å². The van der Waals surface area contributed by atoms with Gasteiger partial charge in [0.2, 0.25) is 0 Å². The van der Waals surface area contributed by atoms with Gasteiger partial charge in [0.1, 0.15) is 5.82 Å². The van der Waals surface area contributed by atoms with Crippen molar-refractivity contribution >= 4 is 28.5 Å². The molecule has 0 aliphatic heterocycles. The summed E-state index contributed by atoms with van der Waals surface area (Å²) in [5, 5.41) is 11.9. The maximum absolute atomic E-state index is 12.9. The van der Waals surface area contributed by atoms with E-state index in [-0.39, 0.29) is 17.8 Å². The Hall–Kier alpha value is -0.690. The van der Waals surface area contributed by atoms with Gasteiger partial charge in [0, 0.05) is 10.1 Å².